The predicted octanol–water partition coefficient (Wildman–Crippen LogP) is 1.96. The van der Waals surface area contributed by atoms with E-state index in [1.807, 2.05) is 39.0 Å². The first-order chi connectivity index (χ1) is 9.01. The molecule has 2 aromatic rings. The summed E-state index contributed by atoms with van der Waals surface area (Å²) in [6, 6.07) is 5.81. The number of aryl methyl sites for hydroxylation is 3. The van der Waals surface area contributed by atoms with Gasteiger partial charge < -0.3 is 0 Å². The second kappa shape index (κ2) is 5.02. The summed E-state index contributed by atoms with van der Waals surface area (Å²) in [4.78, 5) is 16.1. The van der Waals surface area contributed by atoms with E-state index in [-0.39, 0.29) is 18.2 Å². The van der Waals surface area contributed by atoms with Crippen LogP contribution in [0.3, 0.4) is 0 Å². The number of hydrogen-bond acceptors (Lipinski definition) is 4. The van der Waals surface area contributed by atoms with Gasteiger partial charge >= 0.3 is 0 Å². The third-order valence-electron chi connectivity index (χ3n) is 2.90. The third kappa shape index (κ3) is 2.68. The Kier molecular flexibility index (Phi) is 3.43. The van der Waals surface area contributed by atoms with E-state index in [1.165, 1.54) is 11.0 Å². The molecule has 96 valence electrons. The zero-order valence-electron chi connectivity index (χ0n) is 11.1. The fourth-order valence-electron chi connectivity index (χ4n) is 2.27. The summed E-state index contributed by atoms with van der Waals surface area (Å²) in [7, 11) is 0. The van der Waals surface area contributed by atoms with E-state index in [0.717, 1.165) is 22.3 Å². The number of nitrogens with zero attached hydrogens (tertiary/aromatic N) is 4. The van der Waals surface area contributed by atoms with E-state index in [2.05, 4.69) is 10.1 Å². The van der Waals surface area contributed by atoms with Crippen LogP contribution >= 0.6 is 0 Å². The van der Waals surface area contributed by atoms with Gasteiger partial charge in [0.05, 0.1) is 0 Å². The molecule has 0 saturated heterocycles. The minimum Gasteiger partial charge on any atom is -0.292 e. The molecule has 1 heterocycles. The molecule has 1 aromatic carbocycles. The molecular weight excluding hydrogens is 240 g/mol. The topological polar surface area (TPSA) is 71.6 Å². The molecule has 19 heavy (non-hydrogen) atoms. The monoisotopic (exact) mass is 254 g/mol. The average Bonchev–Trinajstić information content (AvgIpc) is 2.75. The van der Waals surface area contributed by atoms with E-state index in [1.54, 1.807) is 0 Å². The van der Waals surface area contributed by atoms with Crippen LogP contribution in [0, 0.1) is 32.1 Å². The molecule has 5 nitrogen and oxygen atoms in total. The second-order valence-electron chi connectivity index (χ2n) is 4.57. The Hall–Kier alpha value is -2.48. The number of carbonyl (C=O) groups is 1. The lowest BCUT2D eigenvalue weighted by Gasteiger charge is -2.10. The molecule has 1 aromatic heterocycles. The summed E-state index contributed by atoms with van der Waals surface area (Å²) in [5.41, 5.74) is 3.78. The smallest absolute Gasteiger partial charge is 0.252 e. The second-order valence-corrected chi connectivity index (χ2v) is 4.57. The fraction of sp³-hybridized carbons (Fsp3) is 0.286. The van der Waals surface area contributed by atoms with Gasteiger partial charge in [-0.25, -0.2) is 9.67 Å². The Bertz CT molecular complexity index is 656. The highest BCUT2D eigenvalue weighted by Crippen LogP contribution is 2.17. The van der Waals surface area contributed by atoms with Crippen LogP contribution in [0.25, 0.3) is 0 Å². The largest absolute Gasteiger partial charge is 0.292 e. The average molecular weight is 254 g/mol. The summed E-state index contributed by atoms with van der Waals surface area (Å²) in [5.74, 6) is 0.0505. The van der Waals surface area contributed by atoms with Crippen LogP contribution in [-0.2, 0) is 6.54 Å². The van der Waals surface area contributed by atoms with Gasteiger partial charge in [-0.3, -0.25) is 4.79 Å². The number of carbonyl (C=O) groups excluding carboxylic acids is 1. The lowest BCUT2D eigenvalue weighted by atomic mass is 9.96. The maximum absolute atomic E-state index is 12.3. The van der Waals surface area contributed by atoms with Crippen LogP contribution in [0.1, 0.15) is 32.9 Å². The molecule has 0 aliphatic carbocycles. The lowest BCUT2D eigenvalue weighted by molar-refractivity contribution is 0.0966. The minimum atomic E-state index is -0.0237. The highest BCUT2D eigenvalue weighted by molar-refractivity contribution is 5.98. The Morgan fingerprint density at radius 2 is 1.95 bits per heavy atom. The quantitative estimate of drug-likeness (QED) is 0.785. The fourth-order valence-corrected chi connectivity index (χ4v) is 2.27. The van der Waals surface area contributed by atoms with Crippen LogP contribution in [0.15, 0.2) is 18.5 Å². The number of ketones is 1. The van der Waals surface area contributed by atoms with Crippen molar-refractivity contribution in [2.45, 2.75) is 27.3 Å². The molecule has 0 fully saturated rings. The van der Waals surface area contributed by atoms with E-state index >= 15 is 0 Å². The van der Waals surface area contributed by atoms with Crippen molar-refractivity contribution in [3.8, 4) is 6.07 Å². The number of Topliss-reactive ketones (excluding diaryl/α,β-unsaturated/α-hetero) is 1. The highest BCUT2D eigenvalue weighted by atomic mass is 16.1. The van der Waals surface area contributed by atoms with Crippen molar-refractivity contribution in [1.29, 1.82) is 5.26 Å². The van der Waals surface area contributed by atoms with Crippen LogP contribution in [-0.4, -0.2) is 20.5 Å². The summed E-state index contributed by atoms with van der Waals surface area (Å²) >= 11 is 0. The molecular formula is C14H14N4O. The van der Waals surface area contributed by atoms with Crippen molar-refractivity contribution in [3.63, 3.8) is 0 Å². The van der Waals surface area contributed by atoms with Gasteiger partial charge in [-0.05, 0) is 31.9 Å². The van der Waals surface area contributed by atoms with Crippen molar-refractivity contribution in [2.24, 2.45) is 0 Å². The minimum absolute atomic E-state index is 0.0237. The highest BCUT2D eigenvalue weighted by Gasteiger charge is 2.14. The van der Waals surface area contributed by atoms with Crippen LogP contribution in [0.4, 0.5) is 0 Å². The van der Waals surface area contributed by atoms with Crippen LogP contribution in [0.5, 0.6) is 0 Å². The van der Waals surface area contributed by atoms with E-state index < -0.39 is 0 Å². The first-order valence-corrected chi connectivity index (χ1v) is 5.92. The van der Waals surface area contributed by atoms with Gasteiger partial charge in [-0.2, -0.15) is 5.26 Å². The summed E-state index contributed by atoms with van der Waals surface area (Å²) in [5, 5.41) is 12.5. The summed E-state index contributed by atoms with van der Waals surface area (Å²) < 4.78 is 1.39. The first-order valence-electron chi connectivity index (χ1n) is 5.92. The molecule has 2 rings (SSSR count). The number of rotatable bonds is 3. The standard InChI is InChI=1S/C14H14N4O/c1-9-4-10(2)14(11(3)5-9)12(19)7-18-8-16-13(6-15)17-18/h4-5,8H,7H2,1-3H3. The maximum Gasteiger partial charge on any atom is 0.252 e. The summed E-state index contributed by atoms with van der Waals surface area (Å²) in [6.07, 6.45) is 1.40. The molecule has 0 aliphatic rings. The van der Waals surface area contributed by atoms with Gasteiger partial charge in [0.1, 0.15) is 18.9 Å². The molecule has 5 heteroatoms. The Morgan fingerprint density at radius 3 is 2.47 bits per heavy atom. The molecule has 0 amide bonds. The lowest BCUT2D eigenvalue weighted by Crippen LogP contribution is -2.14. The van der Waals surface area contributed by atoms with Gasteiger partial charge in [-0.15, -0.1) is 5.10 Å². The van der Waals surface area contributed by atoms with E-state index in [4.69, 9.17) is 5.26 Å². The first kappa shape index (κ1) is 13.0. The molecule has 0 N–H and O–H groups in total. The zero-order valence-corrected chi connectivity index (χ0v) is 11.1. The number of benzene rings is 1. The third-order valence-corrected chi connectivity index (χ3v) is 2.90. The SMILES string of the molecule is Cc1cc(C)c(C(=O)Cn2cnc(C#N)n2)c(C)c1. The number of nitriles is 1. The molecule has 0 bridgehead atoms. The van der Waals surface area contributed by atoms with Crippen molar-refractivity contribution in [1.82, 2.24) is 14.8 Å². The molecule has 0 unspecified atom stereocenters. The molecule has 0 atom stereocenters. The Labute approximate surface area is 111 Å². The number of aromatic nitrogens is 3. The maximum atomic E-state index is 12.3. The van der Waals surface area contributed by atoms with Crippen molar-refractivity contribution < 1.29 is 4.79 Å². The van der Waals surface area contributed by atoms with Crippen molar-refractivity contribution >= 4 is 5.78 Å². The van der Waals surface area contributed by atoms with Gasteiger partial charge in [-0.1, -0.05) is 17.7 Å². The van der Waals surface area contributed by atoms with Gasteiger partial charge in [0, 0.05) is 5.56 Å². The van der Waals surface area contributed by atoms with Crippen molar-refractivity contribution in [2.75, 3.05) is 0 Å². The summed E-state index contributed by atoms with van der Waals surface area (Å²) in [6.45, 7) is 5.95. The predicted molar refractivity (Wildman–Crippen MR) is 69.7 cm³/mol. The van der Waals surface area contributed by atoms with Crippen molar-refractivity contribution in [3.05, 3.63) is 46.5 Å². The van der Waals surface area contributed by atoms with Crippen LogP contribution in [0.2, 0.25) is 0 Å². The van der Waals surface area contributed by atoms with Crippen LogP contribution < -0.4 is 0 Å². The normalized spacial score (nSPS) is 10.2. The van der Waals surface area contributed by atoms with E-state index in [9.17, 15) is 4.79 Å². The van der Waals surface area contributed by atoms with Gasteiger partial charge in [0.25, 0.3) is 5.82 Å². The Morgan fingerprint density at radius 1 is 1.32 bits per heavy atom. The molecule has 0 spiro atoms. The molecule has 0 aliphatic heterocycles. The molecule has 0 radical (unpaired) electrons. The zero-order chi connectivity index (χ0) is 14.0. The van der Waals surface area contributed by atoms with Gasteiger partial charge in [0.15, 0.2) is 5.78 Å². The number of hydrogen-bond donors (Lipinski definition) is 0. The van der Waals surface area contributed by atoms with Gasteiger partial charge in [0.2, 0.25) is 0 Å². The van der Waals surface area contributed by atoms with E-state index in [0.29, 0.717) is 0 Å². The molecule has 0 saturated carbocycles. The Balaban J connectivity index is 2.28.